The van der Waals surface area contributed by atoms with Crippen LogP contribution in [0.1, 0.15) is 29.1 Å². The Bertz CT molecular complexity index is 538. The largest absolute Gasteiger partial charge is 0.484 e. The molecule has 1 unspecified atom stereocenters. The zero-order chi connectivity index (χ0) is 11.8. The van der Waals surface area contributed by atoms with E-state index in [1.807, 2.05) is 36.4 Å². The monoisotopic (exact) mass is 310 g/mol. The Balaban J connectivity index is 1.93. The highest BCUT2D eigenvalue weighted by molar-refractivity contribution is 9.11. The summed E-state index contributed by atoms with van der Waals surface area (Å²) in [6, 6.07) is 11.7. The molecular formula is C13H11BrO2S. The maximum atomic E-state index is 10.1. The number of aliphatic hydroxyl groups excluding tert-OH is 1. The molecule has 0 amide bonds. The standard InChI is InChI=1S/C13H11BrO2S/c14-13-6-5-12(17-13)11-7-9(15)8-3-1-2-4-10(8)16-11/h1-6,9,11,15H,7H2/t9-,11?/m0/s1. The van der Waals surface area contributed by atoms with E-state index >= 15 is 0 Å². The average molecular weight is 311 g/mol. The first-order valence-electron chi connectivity index (χ1n) is 5.43. The predicted molar refractivity (Wildman–Crippen MR) is 71.4 cm³/mol. The van der Waals surface area contributed by atoms with Crippen LogP contribution in [0.15, 0.2) is 40.2 Å². The molecule has 0 aliphatic carbocycles. The lowest BCUT2D eigenvalue weighted by Crippen LogP contribution is -2.18. The van der Waals surface area contributed by atoms with Crippen LogP contribution in [0.2, 0.25) is 0 Å². The second-order valence-electron chi connectivity index (χ2n) is 4.04. The minimum atomic E-state index is -0.439. The van der Waals surface area contributed by atoms with E-state index in [-0.39, 0.29) is 6.10 Å². The number of benzene rings is 1. The number of fused-ring (bicyclic) bond motifs is 1. The van der Waals surface area contributed by atoms with Crippen LogP contribution in [-0.4, -0.2) is 5.11 Å². The fourth-order valence-corrected chi connectivity index (χ4v) is 3.54. The zero-order valence-corrected chi connectivity index (χ0v) is 11.4. The van der Waals surface area contributed by atoms with Crippen LogP contribution in [0.25, 0.3) is 0 Å². The maximum Gasteiger partial charge on any atom is 0.136 e. The molecule has 2 nitrogen and oxygen atoms in total. The van der Waals surface area contributed by atoms with Crippen LogP contribution in [0, 0.1) is 0 Å². The van der Waals surface area contributed by atoms with Gasteiger partial charge in [0.2, 0.25) is 0 Å². The van der Waals surface area contributed by atoms with Crippen LogP contribution < -0.4 is 4.74 Å². The lowest BCUT2D eigenvalue weighted by molar-refractivity contribution is 0.0674. The molecule has 17 heavy (non-hydrogen) atoms. The second-order valence-corrected chi connectivity index (χ2v) is 6.53. The Morgan fingerprint density at radius 1 is 1.24 bits per heavy atom. The maximum absolute atomic E-state index is 10.1. The van der Waals surface area contributed by atoms with Crippen molar-refractivity contribution in [2.75, 3.05) is 0 Å². The average Bonchev–Trinajstić information content (AvgIpc) is 2.76. The third-order valence-electron chi connectivity index (χ3n) is 2.90. The first kappa shape index (κ1) is 11.3. The van der Waals surface area contributed by atoms with Gasteiger partial charge in [-0.1, -0.05) is 18.2 Å². The molecule has 88 valence electrons. The lowest BCUT2D eigenvalue weighted by Gasteiger charge is -2.28. The third kappa shape index (κ3) is 2.12. The molecule has 1 aliphatic rings. The topological polar surface area (TPSA) is 29.5 Å². The Morgan fingerprint density at radius 3 is 2.82 bits per heavy atom. The summed E-state index contributed by atoms with van der Waals surface area (Å²) < 4.78 is 7.02. The summed E-state index contributed by atoms with van der Waals surface area (Å²) in [5.41, 5.74) is 0.888. The molecule has 2 aromatic rings. The summed E-state index contributed by atoms with van der Waals surface area (Å²) in [5.74, 6) is 0.792. The van der Waals surface area contributed by atoms with Gasteiger partial charge in [0.05, 0.1) is 9.89 Å². The van der Waals surface area contributed by atoms with E-state index in [0.717, 1.165) is 20.0 Å². The number of rotatable bonds is 1. The molecule has 0 spiro atoms. The van der Waals surface area contributed by atoms with Crippen molar-refractivity contribution in [2.45, 2.75) is 18.6 Å². The SMILES string of the molecule is O[C@H]1CC(c2ccc(Br)s2)Oc2ccccc21. The van der Waals surface area contributed by atoms with E-state index in [1.54, 1.807) is 11.3 Å². The molecule has 0 bridgehead atoms. The highest BCUT2D eigenvalue weighted by Gasteiger charge is 2.28. The second kappa shape index (κ2) is 4.44. The van der Waals surface area contributed by atoms with Crippen LogP contribution in [0.3, 0.4) is 0 Å². The number of ether oxygens (including phenoxy) is 1. The predicted octanol–water partition coefficient (Wildman–Crippen LogP) is 4.07. The van der Waals surface area contributed by atoms with Gasteiger partial charge >= 0.3 is 0 Å². The summed E-state index contributed by atoms with van der Waals surface area (Å²) in [6.45, 7) is 0. The molecule has 1 N–H and O–H groups in total. The van der Waals surface area contributed by atoms with Crippen LogP contribution >= 0.6 is 27.3 Å². The molecule has 0 radical (unpaired) electrons. The van der Waals surface area contributed by atoms with Gasteiger partial charge in [-0.05, 0) is 34.1 Å². The summed E-state index contributed by atoms with van der Waals surface area (Å²) in [6.07, 6.45) is 0.131. The molecule has 4 heteroatoms. The third-order valence-corrected chi connectivity index (χ3v) is 4.61. The van der Waals surface area contributed by atoms with Gasteiger partial charge in [0.25, 0.3) is 0 Å². The molecule has 1 aromatic heterocycles. The highest BCUT2D eigenvalue weighted by Crippen LogP contribution is 2.42. The Labute approximate surface area is 112 Å². The fourth-order valence-electron chi connectivity index (χ4n) is 2.07. The van der Waals surface area contributed by atoms with Gasteiger partial charge in [-0.2, -0.15) is 0 Å². The number of para-hydroxylation sites is 1. The van der Waals surface area contributed by atoms with Crippen LogP contribution in [0.5, 0.6) is 5.75 Å². The fraction of sp³-hybridized carbons (Fsp3) is 0.231. The van der Waals surface area contributed by atoms with Gasteiger partial charge in [0.15, 0.2) is 0 Å². The first-order valence-corrected chi connectivity index (χ1v) is 7.04. The van der Waals surface area contributed by atoms with Crippen LogP contribution in [0.4, 0.5) is 0 Å². The normalized spacial score (nSPS) is 22.9. The summed E-state index contributed by atoms with van der Waals surface area (Å²) in [5, 5.41) is 10.1. The summed E-state index contributed by atoms with van der Waals surface area (Å²) in [7, 11) is 0. The van der Waals surface area contributed by atoms with E-state index in [1.165, 1.54) is 0 Å². The van der Waals surface area contributed by atoms with E-state index in [2.05, 4.69) is 15.9 Å². The van der Waals surface area contributed by atoms with E-state index in [4.69, 9.17) is 4.74 Å². The minimum Gasteiger partial charge on any atom is -0.484 e. The van der Waals surface area contributed by atoms with Gasteiger partial charge in [-0.15, -0.1) is 11.3 Å². The molecule has 0 fully saturated rings. The van der Waals surface area contributed by atoms with Crippen molar-refractivity contribution in [1.82, 2.24) is 0 Å². The minimum absolute atomic E-state index is 0.0452. The zero-order valence-electron chi connectivity index (χ0n) is 8.97. The molecule has 2 atom stereocenters. The number of hydrogen-bond acceptors (Lipinski definition) is 3. The van der Waals surface area contributed by atoms with E-state index in [9.17, 15) is 5.11 Å². The summed E-state index contributed by atoms with van der Waals surface area (Å²) in [4.78, 5) is 1.14. The van der Waals surface area contributed by atoms with E-state index < -0.39 is 6.10 Å². The van der Waals surface area contributed by atoms with Gasteiger partial charge in [0, 0.05) is 16.9 Å². The van der Waals surface area contributed by atoms with Crippen molar-refractivity contribution in [3.8, 4) is 5.75 Å². The smallest absolute Gasteiger partial charge is 0.136 e. The van der Waals surface area contributed by atoms with Gasteiger partial charge < -0.3 is 9.84 Å². The van der Waals surface area contributed by atoms with Gasteiger partial charge in [0.1, 0.15) is 11.9 Å². The molecule has 0 saturated carbocycles. The number of thiophene rings is 1. The summed E-state index contributed by atoms with van der Waals surface area (Å²) >= 11 is 5.10. The molecular weight excluding hydrogens is 300 g/mol. The molecule has 2 heterocycles. The van der Waals surface area contributed by atoms with Crippen molar-refractivity contribution in [1.29, 1.82) is 0 Å². The molecule has 0 saturated heterocycles. The Hall–Kier alpha value is -0.840. The van der Waals surface area contributed by atoms with Gasteiger partial charge in [-0.25, -0.2) is 0 Å². The van der Waals surface area contributed by atoms with Crippen LogP contribution in [-0.2, 0) is 0 Å². The van der Waals surface area contributed by atoms with Crippen molar-refractivity contribution in [2.24, 2.45) is 0 Å². The van der Waals surface area contributed by atoms with Crippen molar-refractivity contribution < 1.29 is 9.84 Å². The Morgan fingerprint density at radius 2 is 2.06 bits per heavy atom. The Kier molecular flexibility index (Phi) is 2.94. The van der Waals surface area contributed by atoms with Gasteiger partial charge in [-0.3, -0.25) is 0 Å². The van der Waals surface area contributed by atoms with Crippen molar-refractivity contribution in [3.05, 3.63) is 50.6 Å². The molecule has 3 rings (SSSR count). The molecule has 1 aliphatic heterocycles. The first-order chi connectivity index (χ1) is 8.24. The quantitative estimate of drug-likeness (QED) is 0.860. The number of hydrogen-bond donors (Lipinski definition) is 1. The number of halogens is 1. The lowest BCUT2D eigenvalue weighted by atomic mass is 9.98. The molecule has 1 aromatic carbocycles. The van der Waals surface area contributed by atoms with Crippen molar-refractivity contribution >= 4 is 27.3 Å². The van der Waals surface area contributed by atoms with Crippen molar-refractivity contribution in [3.63, 3.8) is 0 Å². The number of aliphatic hydroxyl groups is 1. The highest BCUT2D eigenvalue weighted by atomic mass is 79.9. The van der Waals surface area contributed by atoms with E-state index in [0.29, 0.717) is 6.42 Å².